The standard InChI is InChI=1S/C32H37NO7/c1-3-37-30(34)20-14-25-13-19-29(40-23-31(35)38-4-2)28(22-25)33-32(36)26-15-17-27(18-16-26)39-21-9-8-12-24-10-6-5-7-11-24/h5-7,10-11,13,15-19,22H,3-4,8-9,12,14,20-21,23H2,1-2H3,(H,33,36). The lowest BCUT2D eigenvalue weighted by atomic mass is 10.1. The van der Waals surface area contributed by atoms with Gasteiger partial charge in [0, 0.05) is 12.0 Å². The minimum absolute atomic E-state index is 0.206. The van der Waals surface area contributed by atoms with Gasteiger partial charge in [-0.15, -0.1) is 0 Å². The van der Waals surface area contributed by atoms with Crippen LogP contribution in [0.3, 0.4) is 0 Å². The summed E-state index contributed by atoms with van der Waals surface area (Å²) in [6.07, 6.45) is 3.61. The smallest absolute Gasteiger partial charge is 0.344 e. The molecule has 0 atom stereocenters. The summed E-state index contributed by atoms with van der Waals surface area (Å²) < 4.78 is 21.4. The van der Waals surface area contributed by atoms with Crippen LogP contribution in [0.1, 0.15) is 54.6 Å². The summed E-state index contributed by atoms with van der Waals surface area (Å²) in [6, 6.07) is 22.4. The molecular formula is C32H37NO7. The average molecular weight is 548 g/mol. The van der Waals surface area contributed by atoms with E-state index in [0.717, 1.165) is 24.8 Å². The Bertz CT molecular complexity index is 1230. The van der Waals surface area contributed by atoms with Crippen LogP contribution in [-0.2, 0) is 31.9 Å². The number of carbonyl (C=O) groups excluding carboxylic acids is 3. The largest absolute Gasteiger partial charge is 0.494 e. The molecule has 0 aliphatic rings. The van der Waals surface area contributed by atoms with Gasteiger partial charge in [-0.2, -0.15) is 0 Å². The van der Waals surface area contributed by atoms with Crippen molar-refractivity contribution in [3.05, 3.63) is 89.5 Å². The summed E-state index contributed by atoms with van der Waals surface area (Å²) >= 11 is 0. The fourth-order valence-corrected chi connectivity index (χ4v) is 3.94. The first-order chi connectivity index (χ1) is 19.5. The van der Waals surface area contributed by atoms with Crippen molar-refractivity contribution in [3.8, 4) is 11.5 Å². The second-order valence-corrected chi connectivity index (χ2v) is 9.00. The van der Waals surface area contributed by atoms with Crippen LogP contribution >= 0.6 is 0 Å². The second kappa shape index (κ2) is 16.6. The summed E-state index contributed by atoms with van der Waals surface area (Å²) in [7, 11) is 0. The fraction of sp³-hybridized carbons (Fsp3) is 0.344. The molecule has 0 aromatic heterocycles. The molecule has 3 aromatic rings. The highest BCUT2D eigenvalue weighted by Gasteiger charge is 2.14. The molecule has 0 saturated heterocycles. The number of unbranched alkanes of at least 4 members (excludes halogenated alkanes) is 1. The van der Waals surface area contributed by atoms with Gasteiger partial charge in [-0.25, -0.2) is 4.79 Å². The zero-order valence-electron chi connectivity index (χ0n) is 23.1. The highest BCUT2D eigenvalue weighted by molar-refractivity contribution is 6.05. The quantitative estimate of drug-likeness (QED) is 0.179. The van der Waals surface area contributed by atoms with E-state index >= 15 is 0 Å². The predicted molar refractivity (Wildman–Crippen MR) is 153 cm³/mol. The summed E-state index contributed by atoms with van der Waals surface area (Å²) in [5.74, 6) is -0.151. The molecule has 0 unspecified atom stereocenters. The number of nitrogens with one attached hydrogen (secondary N) is 1. The molecule has 3 aromatic carbocycles. The van der Waals surface area contributed by atoms with Gasteiger partial charge in [0.05, 0.1) is 25.5 Å². The van der Waals surface area contributed by atoms with Crippen molar-refractivity contribution in [3.63, 3.8) is 0 Å². The Hall–Kier alpha value is -4.33. The van der Waals surface area contributed by atoms with Crippen LogP contribution in [0.4, 0.5) is 5.69 Å². The van der Waals surface area contributed by atoms with Crippen molar-refractivity contribution in [2.24, 2.45) is 0 Å². The van der Waals surface area contributed by atoms with Gasteiger partial charge in [0.1, 0.15) is 11.5 Å². The van der Waals surface area contributed by atoms with E-state index in [1.165, 1.54) is 5.56 Å². The molecular weight excluding hydrogens is 510 g/mol. The minimum atomic E-state index is -0.512. The minimum Gasteiger partial charge on any atom is -0.494 e. The van der Waals surface area contributed by atoms with Gasteiger partial charge in [0.15, 0.2) is 6.61 Å². The highest BCUT2D eigenvalue weighted by atomic mass is 16.6. The third-order valence-corrected chi connectivity index (χ3v) is 5.95. The molecule has 0 fully saturated rings. The Morgan fingerprint density at radius 1 is 0.725 bits per heavy atom. The van der Waals surface area contributed by atoms with Crippen LogP contribution in [0.5, 0.6) is 11.5 Å². The Morgan fingerprint density at radius 3 is 2.17 bits per heavy atom. The van der Waals surface area contributed by atoms with E-state index in [9.17, 15) is 14.4 Å². The third-order valence-electron chi connectivity index (χ3n) is 5.95. The molecule has 1 amide bonds. The first-order valence-corrected chi connectivity index (χ1v) is 13.6. The molecule has 0 saturated carbocycles. The summed E-state index contributed by atoms with van der Waals surface area (Å²) in [4.78, 5) is 36.6. The Balaban J connectivity index is 1.58. The molecule has 0 radical (unpaired) electrons. The summed E-state index contributed by atoms with van der Waals surface area (Å²) in [5, 5.41) is 2.86. The molecule has 0 spiro atoms. The lowest BCUT2D eigenvalue weighted by Gasteiger charge is -2.14. The van der Waals surface area contributed by atoms with E-state index in [0.29, 0.717) is 42.4 Å². The van der Waals surface area contributed by atoms with E-state index in [1.807, 2.05) is 18.2 Å². The molecule has 1 N–H and O–H groups in total. The number of ether oxygens (including phenoxy) is 4. The van der Waals surface area contributed by atoms with E-state index in [1.54, 1.807) is 56.3 Å². The topological polar surface area (TPSA) is 100 Å². The maximum Gasteiger partial charge on any atom is 0.344 e. The zero-order valence-corrected chi connectivity index (χ0v) is 23.1. The van der Waals surface area contributed by atoms with Gasteiger partial charge < -0.3 is 24.3 Å². The number of hydrogen-bond donors (Lipinski definition) is 1. The van der Waals surface area contributed by atoms with E-state index in [2.05, 4.69) is 17.4 Å². The van der Waals surface area contributed by atoms with E-state index < -0.39 is 5.97 Å². The van der Waals surface area contributed by atoms with Crippen LogP contribution in [-0.4, -0.2) is 44.3 Å². The van der Waals surface area contributed by atoms with Crippen LogP contribution in [0, 0.1) is 0 Å². The normalized spacial score (nSPS) is 10.4. The monoisotopic (exact) mass is 547 g/mol. The van der Waals surface area contributed by atoms with Crippen molar-refractivity contribution in [1.29, 1.82) is 0 Å². The Labute approximate surface area is 235 Å². The van der Waals surface area contributed by atoms with Crippen molar-refractivity contribution in [1.82, 2.24) is 0 Å². The molecule has 0 aliphatic heterocycles. The van der Waals surface area contributed by atoms with Gasteiger partial charge in [-0.3, -0.25) is 9.59 Å². The maximum atomic E-state index is 13.0. The van der Waals surface area contributed by atoms with Crippen LogP contribution < -0.4 is 14.8 Å². The van der Waals surface area contributed by atoms with Gasteiger partial charge in [-0.1, -0.05) is 36.4 Å². The number of benzene rings is 3. The van der Waals surface area contributed by atoms with Crippen molar-refractivity contribution in [2.75, 3.05) is 31.7 Å². The van der Waals surface area contributed by atoms with Gasteiger partial charge >= 0.3 is 11.9 Å². The van der Waals surface area contributed by atoms with E-state index in [4.69, 9.17) is 18.9 Å². The number of hydrogen-bond acceptors (Lipinski definition) is 7. The van der Waals surface area contributed by atoms with Gasteiger partial charge in [0.25, 0.3) is 5.91 Å². The fourth-order valence-electron chi connectivity index (χ4n) is 3.94. The van der Waals surface area contributed by atoms with Gasteiger partial charge in [-0.05, 0) is 87.1 Å². The zero-order chi connectivity index (χ0) is 28.6. The van der Waals surface area contributed by atoms with Crippen LogP contribution in [0.25, 0.3) is 0 Å². The predicted octanol–water partition coefficient (Wildman–Crippen LogP) is 5.78. The molecule has 40 heavy (non-hydrogen) atoms. The number of anilines is 1. The average Bonchev–Trinajstić information content (AvgIpc) is 2.96. The Kier molecular flexibility index (Phi) is 12.5. The second-order valence-electron chi connectivity index (χ2n) is 9.00. The van der Waals surface area contributed by atoms with Crippen molar-refractivity contribution in [2.45, 2.75) is 46.0 Å². The maximum absolute atomic E-state index is 13.0. The van der Waals surface area contributed by atoms with Crippen molar-refractivity contribution >= 4 is 23.5 Å². The highest BCUT2D eigenvalue weighted by Crippen LogP contribution is 2.27. The third kappa shape index (κ3) is 10.4. The number of rotatable bonds is 16. The van der Waals surface area contributed by atoms with Crippen molar-refractivity contribution < 1.29 is 33.3 Å². The summed E-state index contributed by atoms with van der Waals surface area (Å²) in [6.45, 7) is 4.33. The number of esters is 2. The number of amides is 1. The molecule has 8 nitrogen and oxygen atoms in total. The van der Waals surface area contributed by atoms with E-state index in [-0.39, 0.29) is 31.5 Å². The number of carbonyl (C=O) groups is 3. The van der Waals surface area contributed by atoms with Crippen LogP contribution in [0.15, 0.2) is 72.8 Å². The molecule has 8 heteroatoms. The molecule has 0 bridgehead atoms. The molecule has 212 valence electrons. The molecule has 0 heterocycles. The summed E-state index contributed by atoms with van der Waals surface area (Å²) in [5.41, 5.74) is 2.94. The van der Waals surface area contributed by atoms with Crippen LogP contribution in [0.2, 0.25) is 0 Å². The lowest BCUT2D eigenvalue weighted by molar-refractivity contribution is -0.145. The SMILES string of the molecule is CCOC(=O)CCc1ccc(OCC(=O)OCC)c(NC(=O)c2ccc(OCCCCc3ccccc3)cc2)c1. The van der Waals surface area contributed by atoms with Gasteiger partial charge in [0.2, 0.25) is 0 Å². The lowest BCUT2D eigenvalue weighted by Crippen LogP contribution is -2.17. The first kappa shape index (κ1) is 30.2. The Morgan fingerprint density at radius 2 is 1.45 bits per heavy atom. The molecule has 3 rings (SSSR count). The molecule has 0 aliphatic carbocycles. The number of aryl methyl sites for hydroxylation is 2. The first-order valence-electron chi connectivity index (χ1n) is 13.6.